The van der Waals surface area contributed by atoms with E-state index >= 15 is 0 Å². The van der Waals surface area contributed by atoms with Crippen molar-refractivity contribution in [2.24, 2.45) is 5.92 Å². The number of nitrogens with zero attached hydrogens (tertiary/aromatic N) is 3. The number of anilines is 2. The third-order valence-electron chi connectivity index (χ3n) is 5.17. The third kappa shape index (κ3) is 4.86. The second-order valence-electron chi connectivity index (χ2n) is 7.05. The Hall–Kier alpha value is -2.22. The van der Waals surface area contributed by atoms with Crippen molar-refractivity contribution in [3.8, 4) is 0 Å². The molecule has 0 aliphatic carbocycles. The van der Waals surface area contributed by atoms with Crippen LogP contribution >= 0.6 is 23.7 Å². The fourth-order valence-corrected chi connectivity index (χ4v) is 4.43. The summed E-state index contributed by atoms with van der Waals surface area (Å²) in [5.74, 6) is 0.977. The first-order valence-corrected chi connectivity index (χ1v) is 10.7. The predicted molar refractivity (Wildman–Crippen MR) is 122 cm³/mol. The summed E-state index contributed by atoms with van der Waals surface area (Å²) in [5, 5.41) is 9.60. The van der Waals surface area contributed by atoms with E-state index in [1.165, 1.54) is 0 Å². The van der Waals surface area contributed by atoms with Crippen LogP contribution in [0.15, 0.2) is 42.0 Å². The Bertz CT molecular complexity index is 963. The minimum atomic E-state index is -0.0513. The number of benzene rings is 1. The number of carbonyl (C=O) groups excluding carboxylic acids is 1. The first-order valence-electron chi connectivity index (χ1n) is 9.79. The molecule has 0 radical (unpaired) electrons. The normalized spacial score (nSPS) is 16.4. The number of thiophene rings is 1. The summed E-state index contributed by atoms with van der Waals surface area (Å²) in [6.45, 7) is 5.33. The van der Waals surface area contributed by atoms with Crippen LogP contribution in [0.3, 0.4) is 0 Å². The number of para-hydroxylation sites is 1. The first-order chi connectivity index (χ1) is 13.8. The average Bonchev–Trinajstić information content (AvgIpc) is 3.22. The van der Waals surface area contributed by atoms with E-state index in [2.05, 4.69) is 44.6 Å². The molecule has 4 rings (SSSR count). The minimum Gasteiger partial charge on any atom is -0.355 e. The Morgan fingerprint density at radius 1 is 1.28 bits per heavy atom. The summed E-state index contributed by atoms with van der Waals surface area (Å²) in [7, 11) is 0. The van der Waals surface area contributed by atoms with E-state index in [9.17, 15) is 4.79 Å². The maximum absolute atomic E-state index is 13.0. The molecule has 1 atom stereocenters. The smallest absolute Gasteiger partial charge is 0.229 e. The van der Waals surface area contributed by atoms with Crippen LogP contribution in [-0.2, 0) is 11.3 Å². The zero-order valence-electron chi connectivity index (χ0n) is 16.4. The van der Waals surface area contributed by atoms with E-state index in [1.807, 2.05) is 23.6 Å². The highest BCUT2D eigenvalue weighted by atomic mass is 35.5. The molecule has 0 bridgehead atoms. The fraction of sp³-hybridized carbons (Fsp3) is 0.381. The van der Waals surface area contributed by atoms with Crippen LogP contribution in [0, 0.1) is 5.92 Å². The first kappa shape index (κ1) is 21.5. The van der Waals surface area contributed by atoms with Gasteiger partial charge in [0, 0.05) is 25.3 Å². The number of nitrogens with one attached hydrogen (secondary N) is 2. The number of hydrogen-bond acceptors (Lipinski definition) is 6. The van der Waals surface area contributed by atoms with E-state index in [0.29, 0.717) is 6.54 Å². The van der Waals surface area contributed by atoms with E-state index in [4.69, 9.17) is 0 Å². The Labute approximate surface area is 181 Å². The standard InChI is InChI=1S/C21H25N5OS.ClH/c1-2-22-12-15-6-3-4-8-18(15)25-20(27)16-7-5-10-26(13-16)19-17-9-11-28-21(17)24-14-23-19;/h3-4,6,8-9,11,14,16,22H,2,5,7,10,12-13H2,1H3,(H,25,27);1H. The van der Waals surface area contributed by atoms with Crippen LogP contribution in [0.4, 0.5) is 11.5 Å². The number of hydrogen-bond donors (Lipinski definition) is 2. The van der Waals surface area contributed by atoms with Gasteiger partial charge in [0.05, 0.1) is 11.3 Å². The number of fused-ring (bicyclic) bond motifs is 1. The van der Waals surface area contributed by atoms with Crippen molar-refractivity contribution >= 4 is 51.4 Å². The highest BCUT2D eigenvalue weighted by molar-refractivity contribution is 7.16. The molecule has 154 valence electrons. The topological polar surface area (TPSA) is 70.2 Å². The summed E-state index contributed by atoms with van der Waals surface area (Å²) in [6.07, 6.45) is 3.50. The molecular formula is C21H26ClN5OS. The molecule has 1 unspecified atom stereocenters. The molecule has 2 N–H and O–H groups in total. The van der Waals surface area contributed by atoms with Gasteiger partial charge in [-0.2, -0.15) is 0 Å². The number of piperidine rings is 1. The summed E-state index contributed by atoms with van der Waals surface area (Å²) >= 11 is 1.62. The van der Waals surface area contributed by atoms with Crippen LogP contribution in [0.5, 0.6) is 0 Å². The number of halogens is 1. The maximum atomic E-state index is 13.0. The quantitative estimate of drug-likeness (QED) is 0.615. The van der Waals surface area contributed by atoms with Crippen molar-refractivity contribution in [2.75, 3.05) is 29.9 Å². The van der Waals surface area contributed by atoms with Crippen LogP contribution in [-0.4, -0.2) is 35.5 Å². The molecule has 3 aromatic rings. The van der Waals surface area contributed by atoms with E-state index in [0.717, 1.165) is 59.8 Å². The maximum Gasteiger partial charge on any atom is 0.229 e. The van der Waals surface area contributed by atoms with Crippen LogP contribution in [0.1, 0.15) is 25.3 Å². The molecule has 29 heavy (non-hydrogen) atoms. The predicted octanol–water partition coefficient (Wildman–Crippen LogP) is 4.08. The Morgan fingerprint density at radius 3 is 3.00 bits per heavy atom. The molecule has 1 aromatic carbocycles. The van der Waals surface area contributed by atoms with Gasteiger partial charge in [0.1, 0.15) is 17.0 Å². The van der Waals surface area contributed by atoms with Crippen molar-refractivity contribution < 1.29 is 4.79 Å². The van der Waals surface area contributed by atoms with Gasteiger partial charge in [-0.25, -0.2) is 9.97 Å². The van der Waals surface area contributed by atoms with Gasteiger partial charge in [-0.15, -0.1) is 23.7 Å². The zero-order chi connectivity index (χ0) is 19.3. The lowest BCUT2D eigenvalue weighted by Crippen LogP contribution is -2.41. The minimum absolute atomic E-state index is 0. The van der Waals surface area contributed by atoms with Gasteiger partial charge < -0.3 is 15.5 Å². The van der Waals surface area contributed by atoms with Crippen molar-refractivity contribution in [1.82, 2.24) is 15.3 Å². The van der Waals surface area contributed by atoms with E-state index in [-0.39, 0.29) is 24.2 Å². The largest absolute Gasteiger partial charge is 0.355 e. The third-order valence-corrected chi connectivity index (χ3v) is 5.99. The van der Waals surface area contributed by atoms with Crippen molar-refractivity contribution in [2.45, 2.75) is 26.3 Å². The Morgan fingerprint density at radius 2 is 2.14 bits per heavy atom. The van der Waals surface area contributed by atoms with Gasteiger partial charge in [0.25, 0.3) is 0 Å². The Kier molecular flexibility index (Phi) is 7.41. The summed E-state index contributed by atoms with van der Waals surface area (Å²) in [5.41, 5.74) is 2.01. The van der Waals surface area contributed by atoms with Crippen LogP contribution in [0.25, 0.3) is 10.2 Å². The van der Waals surface area contributed by atoms with Gasteiger partial charge in [-0.05, 0) is 42.5 Å². The number of aromatic nitrogens is 2. The average molecular weight is 432 g/mol. The highest BCUT2D eigenvalue weighted by Crippen LogP contribution is 2.30. The molecule has 3 heterocycles. The number of carbonyl (C=O) groups is 1. The molecule has 1 saturated heterocycles. The van der Waals surface area contributed by atoms with Crippen LogP contribution < -0.4 is 15.5 Å². The molecule has 8 heteroatoms. The fourth-order valence-electron chi connectivity index (χ4n) is 3.70. The second-order valence-corrected chi connectivity index (χ2v) is 7.94. The van der Waals surface area contributed by atoms with Gasteiger partial charge >= 0.3 is 0 Å². The monoisotopic (exact) mass is 431 g/mol. The van der Waals surface area contributed by atoms with Crippen molar-refractivity contribution in [3.63, 3.8) is 0 Å². The van der Waals surface area contributed by atoms with Gasteiger partial charge in [-0.3, -0.25) is 4.79 Å². The number of amides is 1. The SMILES string of the molecule is CCNCc1ccccc1NC(=O)C1CCCN(c2ncnc3sccc23)C1.Cl. The summed E-state index contributed by atoms with van der Waals surface area (Å²) in [6, 6.07) is 10.1. The summed E-state index contributed by atoms with van der Waals surface area (Å²) < 4.78 is 0. The van der Waals surface area contributed by atoms with E-state index in [1.54, 1.807) is 17.7 Å². The lowest BCUT2D eigenvalue weighted by atomic mass is 9.96. The molecule has 1 amide bonds. The molecule has 0 saturated carbocycles. The molecular weight excluding hydrogens is 406 g/mol. The second kappa shape index (κ2) is 10.0. The molecule has 2 aromatic heterocycles. The lowest BCUT2D eigenvalue weighted by molar-refractivity contribution is -0.120. The molecule has 1 fully saturated rings. The van der Waals surface area contributed by atoms with Crippen molar-refractivity contribution in [3.05, 3.63) is 47.6 Å². The van der Waals surface area contributed by atoms with E-state index < -0.39 is 0 Å². The highest BCUT2D eigenvalue weighted by Gasteiger charge is 2.28. The lowest BCUT2D eigenvalue weighted by Gasteiger charge is -2.33. The number of rotatable bonds is 6. The molecule has 1 aliphatic rings. The molecule has 6 nitrogen and oxygen atoms in total. The van der Waals surface area contributed by atoms with Crippen molar-refractivity contribution in [1.29, 1.82) is 0 Å². The van der Waals surface area contributed by atoms with Gasteiger partial charge in [-0.1, -0.05) is 25.1 Å². The van der Waals surface area contributed by atoms with Gasteiger partial charge in [0.15, 0.2) is 0 Å². The summed E-state index contributed by atoms with van der Waals surface area (Å²) in [4.78, 5) is 25.1. The van der Waals surface area contributed by atoms with Crippen LogP contribution in [0.2, 0.25) is 0 Å². The Balaban J connectivity index is 0.00000240. The molecule has 0 spiro atoms. The van der Waals surface area contributed by atoms with Gasteiger partial charge in [0.2, 0.25) is 5.91 Å². The zero-order valence-corrected chi connectivity index (χ0v) is 18.1. The molecule has 1 aliphatic heterocycles.